The summed E-state index contributed by atoms with van der Waals surface area (Å²) >= 11 is 3.18. The molecule has 2 aromatic rings. The number of aromatic nitrogens is 1. The van der Waals surface area contributed by atoms with Crippen LogP contribution in [0.25, 0.3) is 10.2 Å². The van der Waals surface area contributed by atoms with E-state index in [4.69, 9.17) is 0 Å². The van der Waals surface area contributed by atoms with E-state index in [-0.39, 0.29) is 12.6 Å². The number of amides is 2. The van der Waals surface area contributed by atoms with Crippen LogP contribution in [0.5, 0.6) is 0 Å². The van der Waals surface area contributed by atoms with Crippen LogP contribution >= 0.6 is 23.1 Å². The molecule has 6 nitrogen and oxygen atoms in total. The molecule has 2 heterocycles. The van der Waals surface area contributed by atoms with Crippen LogP contribution in [0.15, 0.2) is 22.5 Å². The van der Waals surface area contributed by atoms with E-state index in [9.17, 15) is 14.7 Å². The van der Waals surface area contributed by atoms with Gasteiger partial charge in [-0.1, -0.05) is 11.8 Å². The number of carboxylic acids is 1. The predicted octanol–water partition coefficient (Wildman–Crippen LogP) is 3.35. The van der Waals surface area contributed by atoms with Gasteiger partial charge in [0.15, 0.2) is 4.34 Å². The number of nitrogens with one attached hydrogen (secondary N) is 1. The van der Waals surface area contributed by atoms with Gasteiger partial charge >= 0.3 is 12.0 Å². The number of hydrogen-bond donors (Lipinski definition) is 2. The molecule has 1 aromatic carbocycles. The summed E-state index contributed by atoms with van der Waals surface area (Å²) in [4.78, 5) is 29.6. The fourth-order valence-electron chi connectivity index (χ4n) is 2.58. The number of thioether (sulfide) groups is 1. The van der Waals surface area contributed by atoms with Crippen LogP contribution in [0.1, 0.15) is 13.3 Å². The Labute approximate surface area is 141 Å². The Hall–Kier alpha value is -1.80. The molecule has 1 unspecified atom stereocenters. The summed E-state index contributed by atoms with van der Waals surface area (Å²) in [5.41, 5.74) is 0.756. The highest BCUT2D eigenvalue weighted by Gasteiger charge is 2.42. The number of carboxylic acid groups (broad SMARTS) is 1. The first-order valence-electron chi connectivity index (χ1n) is 7.15. The average Bonchev–Trinajstić information content (AvgIpc) is 3.11. The number of nitrogens with zero attached hydrogens (tertiary/aromatic N) is 2. The zero-order chi connectivity index (χ0) is 16.6. The second-order valence-corrected chi connectivity index (χ2v) is 7.92. The third kappa shape index (κ3) is 3.13. The third-order valence-electron chi connectivity index (χ3n) is 4.07. The summed E-state index contributed by atoms with van der Waals surface area (Å²) in [5, 5.41) is 12.1. The number of benzene rings is 1. The number of aliphatic carboxylic acids is 1. The Balaban J connectivity index is 1.72. The van der Waals surface area contributed by atoms with Crippen molar-refractivity contribution in [2.45, 2.75) is 17.7 Å². The zero-order valence-electron chi connectivity index (χ0n) is 12.8. The molecule has 0 spiro atoms. The van der Waals surface area contributed by atoms with Crippen LogP contribution in [-0.2, 0) is 4.79 Å². The van der Waals surface area contributed by atoms with Crippen LogP contribution < -0.4 is 5.32 Å². The standard InChI is InChI=1S/C15H17N3O3S2/c1-15(12(19)20)5-6-18(8-15)13(21)16-9-3-4-10-11(7-9)23-14(17-10)22-2/h3-4,7H,5-6,8H2,1-2H3,(H,16,21)(H,19,20). The quantitative estimate of drug-likeness (QED) is 0.829. The largest absolute Gasteiger partial charge is 0.481 e. The van der Waals surface area contributed by atoms with Crippen molar-refractivity contribution in [3.63, 3.8) is 0 Å². The molecule has 8 heteroatoms. The van der Waals surface area contributed by atoms with Crippen LogP contribution in [0.4, 0.5) is 10.5 Å². The second kappa shape index (κ2) is 6.01. The molecule has 0 aliphatic carbocycles. The van der Waals surface area contributed by atoms with Gasteiger partial charge in [-0.25, -0.2) is 9.78 Å². The van der Waals surface area contributed by atoms with Crippen molar-refractivity contribution in [3.05, 3.63) is 18.2 Å². The van der Waals surface area contributed by atoms with Crippen molar-refractivity contribution >= 4 is 51.0 Å². The van der Waals surface area contributed by atoms with Crippen LogP contribution in [0.2, 0.25) is 0 Å². The molecular formula is C15H17N3O3S2. The Bertz CT molecular complexity index is 776. The van der Waals surface area contributed by atoms with E-state index < -0.39 is 11.4 Å². The average molecular weight is 351 g/mol. The molecule has 1 fully saturated rings. The summed E-state index contributed by atoms with van der Waals surface area (Å²) in [6.07, 6.45) is 2.45. The Morgan fingerprint density at radius 3 is 2.91 bits per heavy atom. The summed E-state index contributed by atoms with van der Waals surface area (Å²) in [5.74, 6) is -0.858. The van der Waals surface area contributed by atoms with Gasteiger partial charge in [-0.05, 0) is 37.8 Å². The number of fused-ring (bicyclic) bond motifs is 1. The number of carbonyl (C=O) groups excluding carboxylic acids is 1. The van der Waals surface area contributed by atoms with Crippen molar-refractivity contribution in [2.75, 3.05) is 24.7 Å². The normalized spacial score (nSPS) is 20.9. The maximum atomic E-state index is 12.3. The molecule has 0 bridgehead atoms. The summed E-state index contributed by atoms with van der Waals surface area (Å²) in [7, 11) is 0. The molecule has 2 N–H and O–H groups in total. The third-order valence-corrected chi connectivity index (χ3v) is 6.07. The van der Waals surface area contributed by atoms with E-state index in [1.807, 2.05) is 24.5 Å². The number of anilines is 1. The molecule has 1 aromatic heterocycles. The van der Waals surface area contributed by atoms with Gasteiger partial charge in [0.1, 0.15) is 0 Å². The number of thiazole rings is 1. The highest BCUT2D eigenvalue weighted by molar-refractivity contribution is 8.00. The molecule has 122 valence electrons. The van der Waals surface area contributed by atoms with Crippen molar-refractivity contribution in [1.29, 1.82) is 0 Å². The van der Waals surface area contributed by atoms with E-state index in [0.29, 0.717) is 18.7 Å². The molecule has 0 saturated carbocycles. The van der Waals surface area contributed by atoms with Gasteiger partial charge in [0, 0.05) is 18.8 Å². The molecule has 23 heavy (non-hydrogen) atoms. The highest BCUT2D eigenvalue weighted by Crippen LogP contribution is 2.32. The van der Waals surface area contributed by atoms with Crippen molar-refractivity contribution < 1.29 is 14.7 Å². The summed E-state index contributed by atoms with van der Waals surface area (Å²) in [6.45, 7) is 2.36. The van der Waals surface area contributed by atoms with Crippen LogP contribution in [-0.4, -0.2) is 46.3 Å². The summed E-state index contributed by atoms with van der Waals surface area (Å²) < 4.78 is 2.00. The van der Waals surface area contributed by atoms with Gasteiger partial charge in [-0.3, -0.25) is 4.79 Å². The van der Waals surface area contributed by atoms with Gasteiger partial charge in [-0.15, -0.1) is 11.3 Å². The SMILES string of the molecule is CSc1nc2ccc(NC(=O)N3CCC(C)(C(=O)O)C3)cc2s1. The molecule has 1 aliphatic heterocycles. The van der Waals surface area contributed by atoms with E-state index in [2.05, 4.69) is 10.3 Å². The van der Waals surface area contributed by atoms with Crippen molar-refractivity contribution in [1.82, 2.24) is 9.88 Å². The topological polar surface area (TPSA) is 82.5 Å². The smallest absolute Gasteiger partial charge is 0.321 e. The molecule has 1 atom stereocenters. The molecule has 2 amide bonds. The monoisotopic (exact) mass is 351 g/mol. The van der Waals surface area contributed by atoms with E-state index in [1.54, 1.807) is 34.9 Å². The maximum Gasteiger partial charge on any atom is 0.321 e. The molecule has 1 saturated heterocycles. The van der Waals surface area contributed by atoms with Crippen LogP contribution in [0.3, 0.4) is 0 Å². The van der Waals surface area contributed by atoms with Gasteiger partial charge in [-0.2, -0.15) is 0 Å². The number of urea groups is 1. The van der Waals surface area contributed by atoms with Gasteiger partial charge in [0.2, 0.25) is 0 Å². The maximum absolute atomic E-state index is 12.3. The van der Waals surface area contributed by atoms with Gasteiger partial charge < -0.3 is 15.3 Å². The number of likely N-dealkylation sites (tertiary alicyclic amines) is 1. The second-order valence-electron chi connectivity index (χ2n) is 5.83. The molecule has 3 rings (SSSR count). The van der Waals surface area contributed by atoms with Gasteiger partial charge in [0.05, 0.1) is 15.6 Å². The van der Waals surface area contributed by atoms with E-state index in [0.717, 1.165) is 14.6 Å². The molecular weight excluding hydrogens is 334 g/mol. The minimum Gasteiger partial charge on any atom is -0.481 e. The Morgan fingerprint density at radius 2 is 2.26 bits per heavy atom. The van der Waals surface area contributed by atoms with Crippen molar-refractivity contribution in [3.8, 4) is 0 Å². The van der Waals surface area contributed by atoms with E-state index in [1.165, 1.54) is 0 Å². The number of hydrogen-bond acceptors (Lipinski definition) is 5. The first kappa shape index (κ1) is 16.1. The fourth-order valence-corrected chi connectivity index (χ4v) is 4.11. The highest BCUT2D eigenvalue weighted by atomic mass is 32.2. The lowest BCUT2D eigenvalue weighted by Gasteiger charge is -2.20. The first-order chi connectivity index (χ1) is 10.9. The van der Waals surface area contributed by atoms with Gasteiger partial charge in [0.25, 0.3) is 0 Å². The molecule has 1 aliphatic rings. The predicted molar refractivity (Wildman–Crippen MR) is 92.4 cm³/mol. The van der Waals surface area contributed by atoms with Crippen molar-refractivity contribution in [2.24, 2.45) is 5.41 Å². The minimum absolute atomic E-state index is 0.230. The number of rotatable bonds is 3. The number of carbonyl (C=O) groups is 2. The first-order valence-corrected chi connectivity index (χ1v) is 9.19. The lowest BCUT2D eigenvalue weighted by molar-refractivity contribution is -0.146. The lowest BCUT2D eigenvalue weighted by Crippen LogP contribution is -2.37. The molecule has 0 radical (unpaired) electrons. The fraction of sp³-hybridized carbons (Fsp3) is 0.400. The Morgan fingerprint density at radius 1 is 1.48 bits per heavy atom. The Kier molecular flexibility index (Phi) is 4.20. The van der Waals surface area contributed by atoms with E-state index >= 15 is 0 Å². The van der Waals surface area contributed by atoms with Crippen LogP contribution in [0, 0.1) is 5.41 Å². The minimum atomic E-state index is -0.858. The zero-order valence-corrected chi connectivity index (χ0v) is 14.5. The lowest BCUT2D eigenvalue weighted by atomic mass is 9.90. The summed E-state index contributed by atoms with van der Waals surface area (Å²) in [6, 6.07) is 5.34.